The van der Waals surface area contributed by atoms with Crippen LogP contribution >= 0.6 is 12.4 Å². The molecule has 1 unspecified atom stereocenters. The SMILES string of the molecule is Cl.O=C1CCCN1Cc1ccc(C(=O)N2CCNCC2c2cccc(F)c2)cc1. The number of amides is 2. The van der Waals surface area contributed by atoms with Crippen molar-refractivity contribution in [1.29, 1.82) is 0 Å². The number of halogens is 2. The Morgan fingerprint density at radius 1 is 1.14 bits per heavy atom. The number of carbonyl (C=O) groups is 2. The molecule has 1 N–H and O–H groups in total. The molecule has 0 aliphatic carbocycles. The standard InChI is InChI=1S/C22H24FN3O2.ClH/c23-19-4-1-3-18(13-19)20-14-24-10-12-26(20)22(28)17-8-6-16(7-9-17)15-25-11-2-5-21(25)27;/h1,3-4,6-9,13,20,24H,2,5,10-12,14-15H2;1H. The summed E-state index contributed by atoms with van der Waals surface area (Å²) in [5, 5.41) is 3.29. The fourth-order valence-corrected chi connectivity index (χ4v) is 3.97. The molecule has 1 atom stereocenters. The minimum absolute atomic E-state index is 0. The lowest BCUT2D eigenvalue weighted by atomic mass is 10.0. The van der Waals surface area contributed by atoms with Gasteiger partial charge in [-0.05, 0) is 41.8 Å². The third kappa shape index (κ3) is 4.77. The first-order valence-corrected chi connectivity index (χ1v) is 9.76. The molecule has 154 valence electrons. The average Bonchev–Trinajstić information content (AvgIpc) is 3.12. The topological polar surface area (TPSA) is 52.7 Å². The second-order valence-electron chi connectivity index (χ2n) is 7.39. The molecule has 2 aliphatic rings. The van der Waals surface area contributed by atoms with Crippen molar-refractivity contribution >= 4 is 24.2 Å². The van der Waals surface area contributed by atoms with E-state index < -0.39 is 0 Å². The fourth-order valence-electron chi connectivity index (χ4n) is 3.97. The molecule has 29 heavy (non-hydrogen) atoms. The lowest BCUT2D eigenvalue weighted by Gasteiger charge is -2.36. The highest BCUT2D eigenvalue weighted by atomic mass is 35.5. The number of nitrogens with one attached hydrogen (secondary N) is 1. The molecule has 2 aliphatic heterocycles. The van der Waals surface area contributed by atoms with Crippen LogP contribution < -0.4 is 5.32 Å². The van der Waals surface area contributed by atoms with Crippen LogP contribution in [-0.2, 0) is 11.3 Å². The molecule has 2 amide bonds. The van der Waals surface area contributed by atoms with Gasteiger partial charge in [-0.15, -0.1) is 12.4 Å². The van der Waals surface area contributed by atoms with Gasteiger partial charge in [-0.1, -0.05) is 24.3 Å². The second-order valence-corrected chi connectivity index (χ2v) is 7.39. The number of hydrogen-bond donors (Lipinski definition) is 1. The zero-order chi connectivity index (χ0) is 19.5. The molecule has 7 heteroatoms. The van der Waals surface area contributed by atoms with Crippen LogP contribution in [-0.4, -0.2) is 47.8 Å². The van der Waals surface area contributed by atoms with Gasteiger partial charge in [0.15, 0.2) is 0 Å². The molecule has 0 spiro atoms. The summed E-state index contributed by atoms with van der Waals surface area (Å²) in [5.41, 5.74) is 2.43. The zero-order valence-corrected chi connectivity index (χ0v) is 17.0. The smallest absolute Gasteiger partial charge is 0.254 e. The van der Waals surface area contributed by atoms with Crippen molar-refractivity contribution in [3.8, 4) is 0 Å². The Morgan fingerprint density at radius 2 is 1.93 bits per heavy atom. The van der Waals surface area contributed by atoms with E-state index in [1.807, 2.05) is 40.1 Å². The van der Waals surface area contributed by atoms with Gasteiger partial charge in [0.2, 0.25) is 5.91 Å². The van der Waals surface area contributed by atoms with E-state index in [9.17, 15) is 14.0 Å². The van der Waals surface area contributed by atoms with E-state index in [1.165, 1.54) is 12.1 Å². The summed E-state index contributed by atoms with van der Waals surface area (Å²) >= 11 is 0. The van der Waals surface area contributed by atoms with E-state index in [1.54, 1.807) is 6.07 Å². The molecule has 0 radical (unpaired) electrons. The number of carbonyl (C=O) groups excluding carboxylic acids is 2. The molecular formula is C22H25ClFN3O2. The summed E-state index contributed by atoms with van der Waals surface area (Å²) in [6.45, 7) is 3.28. The normalized spacial score (nSPS) is 19.2. The van der Waals surface area contributed by atoms with Gasteiger partial charge in [0.25, 0.3) is 5.91 Å². The van der Waals surface area contributed by atoms with Crippen molar-refractivity contribution < 1.29 is 14.0 Å². The largest absolute Gasteiger partial charge is 0.338 e. The molecular weight excluding hydrogens is 393 g/mol. The van der Waals surface area contributed by atoms with E-state index in [2.05, 4.69) is 5.32 Å². The maximum Gasteiger partial charge on any atom is 0.254 e. The third-order valence-electron chi connectivity index (χ3n) is 5.48. The molecule has 2 aromatic rings. The Morgan fingerprint density at radius 3 is 2.62 bits per heavy atom. The van der Waals surface area contributed by atoms with Gasteiger partial charge in [0.1, 0.15) is 5.82 Å². The van der Waals surface area contributed by atoms with Crippen LogP contribution in [0.5, 0.6) is 0 Å². The number of likely N-dealkylation sites (tertiary alicyclic amines) is 1. The molecule has 2 aromatic carbocycles. The van der Waals surface area contributed by atoms with Crippen molar-refractivity contribution in [3.63, 3.8) is 0 Å². The van der Waals surface area contributed by atoms with Gasteiger partial charge in [0, 0.05) is 44.7 Å². The molecule has 4 rings (SSSR count). The lowest BCUT2D eigenvalue weighted by molar-refractivity contribution is -0.128. The van der Waals surface area contributed by atoms with Crippen LogP contribution in [0.25, 0.3) is 0 Å². The van der Waals surface area contributed by atoms with Crippen LogP contribution in [0.15, 0.2) is 48.5 Å². The summed E-state index contributed by atoms with van der Waals surface area (Å²) in [7, 11) is 0. The lowest BCUT2D eigenvalue weighted by Crippen LogP contribution is -2.48. The Labute approximate surface area is 176 Å². The number of rotatable bonds is 4. The molecule has 0 saturated carbocycles. The first-order valence-electron chi connectivity index (χ1n) is 9.76. The predicted molar refractivity (Wildman–Crippen MR) is 111 cm³/mol. The van der Waals surface area contributed by atoms with Crippen molar-refractivity contribution in [2.45, 2.75) is 25.4 Å². The van der Waals surface area contributed by atoms with E-state index in [4.69, 9.17) is 0 Å². The van der Waals surface area contributed by atoms with Crippen molar-refractivity contribution in [2.75, 3.05) is 26.2 Å². The Bertz CT molecular complexity index is 875. The summed E-state index contributed by atoms with van der Waals surface area (Å²) in [5.74, 6) is -0.158. The predicted octanol–water partition coefficient (Wildman–Crippen LogP) is 3.16. The first kappa shape index (κ1) is 21.3. The monoisotopic (exact) mass is 417 g/mol. The van der Waals surface area contributed by atoms with E-state index in [-0.39, 0.29) is 36.1 Å². The first-order chi connectivity index (χ1) is 13.6. The molecule has 5 nitrogen and oxygen atoms in total. The zero-order valence-electron chi connectivity index (χ0n) is 16.1. The summed E-state index contributed by atoms with van der Waals surface area (Å²) in [4.78, 5) is 28.6. The summed E-state index contributed by atoms with van der Waals surface area (Å²) < 4.78 is 13.7. The number of benzene rings is 2. The van der Waals surface area contributed by atoms with Crippen molar-refractivity contribution in [3.05, 3.63) is 71.0 Å². The van der Waals surface area contributed by atoms with Crippen LogP contribution in [0.3, 0.4) is 0 Å². The fraction of sp³-hybridized carbons (Fsp3) is 0.364. The minimum Gasteiger partial charge on any atom is -0.338 e. The quantitative estimate of drug-likeness (QED) is 0.831. The van der Waals surface area contributed by atoms with E-state index in [0.29, 0.717) is 38.2 Å². The minimum atomic E-state index is -0.295. The van der Waals surface area contributed by atoms with Crippen molar-refractivity contribution in [1.82, 2.24) is 15.1 Å². The Balaban J connectivity index is 0.00000240. The van der Waals surface area contributed by atoms with Crippen LogP contribution in [0.4, 0.5) is 4.39 Å². The van der Waals surface area contributed by atoms with Gasteiger partial charge in [0.05, 0.1) is 6.04 Å². The van der Waals surface area contributed by atoms with Crippen LogP contribution in [0.2, 0.25) is 0 Å². The molecule has 0 aromatic heterocycles. The van der Waals surface area contributed by atoms with Crippen LogP contribution in [0.1, 0.15) is 40.4 Å². The molecule has 2 fully saturated rings. The molecule has 2 heterocycles. The highest BCUT2D eigenvalue weighted by Gasteiger charge is 2.29. The maximum absolute atomic E-state index is 13.7. The number of nitrogens with zero attached hydrogens (tertiary/aromatic N) is 2. The number of hydrogen-bond acceptors (Lipinski definition) is 3. The maximum atomic E-state index is 13.7. The van der Waals surface area contributed by atoms with Gasteiger partial charge in [-0.25, -0.2) is 4.39 Å². The molecule has 0 bridgehead atoms. The molecule has 2 saturated heterocycles. The van der Waals surface area contributed by atoms with Gasteiger partial charge >= 0.3 is 0 Å². The van der Waals surface area contributed by atoms with E-state index in [0.717, 1.165) is 24.1 Å². The van der Waals surface area contributed by atoms with Crippen molar-refractivity contribution in [2.24, 2.45) is 0 Å². The summed E-state index contributed by atoms with van der Waals surface area (Å²) in [6.07, 6.45) is 1.54. The number of piperazine rings is 1. The van der Waals surface area contributed by atoms with Gasteiger partial charge < -0.3 is 15.1 Å². The van der Waals surface area contributed by atoms with Gasteiger partial charge in [-0.2, -0.15) is 0 Å². The average molecular weight is 418 g/mol. The van der Waals surface area contributed by atoms with E-state index >= 15 is 0 Å². The highest BCUT2D eigenvalue weighted by Crippen LogP contribution is 2.25. The Hall–Kier alpha value is -2.44. The Kier molecular flexibility index (Phi) is 6.87. The summed E-state index contributed by atoms with van der Waals surface area (Å²) in [6, 6.07) is 13.7. The van der Waals surface area contributed by atoms with Gasteiger partial charge in [-0.3, -0.25) is 9.59 Å². The van der Waals surface area contributed by atoms with Crippen LogP contribution in [0, 0.1) is 5.82 Å². The third-order valence-corrected chi connectivity index (χ3v) is 5.48. The highest BCUT2D eigenvalue weighted by molar-refractivity contribution is 5.94. The second kappa shape index (κ2) is 9.37.